The Labute approximate surface area is 118 Å². The lowest BCUT2D eigenvalue weighted by Gasteiger charge is -2.21. The maximum Gasteiger partial charge on any atom is 0.129 e. The predicted octanol–water partition coefficient (Wildman–Crippen LogP) is 3.40. The van der Waals surface area contributed by atoms with Crippen molar-refractivity contribution in [1.82, 2.24) is 5.32 Å². The van der Waals surface area contributed by atoms with Crippen LogP contribution in [-0.2, 0) is 6.42 Å². The number of fused-ring (bicyclic) bond motifs is 1. The first-order chi connectivity index (χ1) is 9.69. The van der Waals surface area contributed by atoms with Crippen LogP contribution in [0.15, 0.2) is 42.5 Å². The first kappa shape index (κ1) is 13.1. The fourth-order valence-electron chi connectivity index (χ4n) is 2.83. The number of hydrogen-bond acceptors (Lipinski definition) is 2. The van der Waals surface area contributed by atoms with Gasteiger partial charge in [-0.15, -0.1) is 0 Å². The second-order valence-electron chi connectivity index (χ2n) is 5.24. The van der Waals surface area contributed by atoms with Crippen molar-refractivity contribution in [2.45, 2.75) is 25.5 Å². The van der Waals surface area contributed by atoms with Crippen LogP contribution in [0.1, 0.15) is 22.7 Å². The topological polar surface area (TPSA) is 21.3 Å². The highest BCUT2D eigenvalue weighted by atomic mass is 19.1. The Bertz CT molecular complexity index is 626. The fraction of sp³-hybridized carbons (Fsp3) is 0.294. The predicted molar refractivity (Wildman–Crippen MR) is 77.5 cm³/mol. The summed E-state index contributed by atoms with van der Waals surface area (Å²) < 4.78 is 19.6. The van der Waals surface area contributed by atoms with Crippen LogP contribution in [0.2, 0.25) is 0 Å². The van der Waals surface area contributed by atoms with Crippen LogP contribution in [0.5, 0.6) is 5.75 Å². The van der Waals surface area contributed by atoms with Crippen LogP contribution in [0.3, 0.4) is 0 Å². The van der Waals surface area contributed by atoms with Gasteiger partial charge in [-0.05, 0) is 36.7 Å². The fourth-order valence-corrected chi connectivity index (χ4v) is 2.83. The second kappa shape index (κ2) is 5.25. The molecule has 2 aromatic rings. The molecule has 1 N–H and O–H groups in total. The van der Waals surface area contributed by atoms with Crippen molar-refractivity contribution in [3.05, 3.63) is 65.0 Å². The van der Waals surface area contributed by atoms with E-state index in [1.807, 2.05) is 25.2 Å². The minimum absolute atomic E-state index is 0.000457. The summed E-state index contributed by atoms with van der Waals surface area (Å²) in [5.41, 5.74) is 3.20. The molecule has 0 fully saturated rings. The third-order valence-electron chi connectivity index (χ3n) is 3.92. The molecule has 0 aliphatic heterocycles. The molecule has 3 heteroatoms. The molecule has 1 aliphatic rings. The van der Waals surface area contributed by atoms with E-state index >= 15 is 0 Å². The molecule has 2 atom stereocenters. The van der Waals surface area contributed by atoms with Gasteiger partial charge < -0.3 is 10.1 Å². The average Bonchev–Trinajstić information content (AvgIpc) is 2.80. The van der Waals surface area contributed by atoms with E-state index in [2.05, 4.69) is 17.4 Å². The Morgan fingerprint density at radius 3 is 2.75 bits per heavy atom. The molecular formula is C17H18FNO. The van der Waals surface area contributed by atoms with Crippen molar-refractivity contribution in [1.29, 1.82) is 0 Å². The number of halogens is 1. The number of hydrogen-bond donors (Lipinski definition) is 1. The van der Waals surface area contributed by atoms with Gasteiger partial charge in [0.05, 0.1) is 6.04 Å². The van der Waals surface area contributed by atoms with Gasteiger partial charge in [0.15, 0.2) is 0 Å². The molecule has 0 amide bonds. The minimum Gasteiger partial charge on any atom is -0.488 e. The molecule has 3 rings (SSSR count). The average molecular weight is 271 g/mol. The largest absolute Gasteiger partial charge is 0.488 e. The maximum atomic E-state index is 13.6. The molecule has 0 radical (unpaired) electrons. The standard InChI is InChI=1S/C17H18FNO/c1-11-7-8-13(10-15(11)18)20-16-9-12-5-3-4-6-14(12)17(16)19-2/h3-8,10,16-17,19H,9H2,1-2H3. The van der Waals surface area contributed by atoms with E-state index < -0.39 is 0 Å². The van der Waals surface area contributed by atoms with Gasteiger partial charge in [-0.1, -0.05) is 30.3 Å². The van der Waals surface area contributed by atoms with Gasteiger partial charge in [-0.3, -0.25) is 0 Å². The summed E-state index contributed by atoms with van der Waals surface area (Å²) in [5.74, 6) is 0.366. The summed E-state index contributed by atoms with van der Waals surface area (Å²) in [5, 5.41) is 3.30. The van der Waals surface area contributed by atoms with Gasteiger partial charge in [0.25, 0.3) is 0 Å². The zero-order chi connectivity index (χ0) is 14.1. The molecule has 2 unspecified atom stereocenters. The molecule has 0 heterocycles. The van der Waals surface area contributed by atoms with Gasteiger partial charge in [0.1, 0.15) is 17.7 Å². The maximum absolute atomic E-state index is 13.6. The van der Waals surface area contributed by atoms with Crippen LogP contribution in [0.4, 0.5) is 4.39 Å². The van der Waals surface area contributed by atoms with Gasteiger partial charge in [-0.25, -0.2) is 4.39 Å². The van der Waals surface area contributed by atoms with Crippen LogP contribution < -0.4 is 10.1 Å². The highest BCUT2D eigenvalue weighted by molar-refractivity contribution is 5.37. The molecule has 1 aliphatic carbocycles. The highest BCUT2D eigenvalue weighted by Crippen LogP contribution is 2.34. The highest BCUT2D eigenvalue weighted by Gasteiger charge is 2.32. The van der Waals surface area contributed by atoms with E-state index in [0.717, 1.165) is 6.42 Å². The van der Waals surface area contributed by atoms with E-state index in [1.54, 1.807) is 13.0 Å². The molecule has 104 valence electrons. The number of aryl methyl sites for hydroxylation is 1. The molecule has 0 saturated carbocycles. The number of benzene rings is 2. The molecule has 0 bridgehead atoms. The first-order valence-electron chi connectivity index (χ1n) is 6.87. The summed E-state index contributed by atoms with van der Waals surface area (Å²) >= 11 is 0. The molecule has 2 nitrogen and oxygen atoms in total. The van der Waals surface area contributed by atoms with Gasteiger partial charge in [0.2, 0.25) is 0 Å². The molecule has 2 aromatic carbocycles. The van der Waals surface area contributed by atoms with E-state index in [9.17, 15) is 4.39 Å². The quantitative estimate of drug-likeness (QED) is 0.924. The molecule has 0 spiro atoms. The smallest absolute Gasteiger partial charge is 0.129 e. The summed E-state index contributed by atoms with van der Waals surface area (Å²) in [6.07, 6.45) is 0.844. The van der Waals surface area contributed by atoms with Crippen molar-refractivity contribution >= 4 is 0 Å². The van der Waals surface area contributed by atoms with Crippen molar-refractivity contribution in [2.75, 3.05) is 7.05 Å². The zero-order valence-corrected chi connectivity index (χ0v) is 11.7. The van der Waals surface area contributed by atoms with Gasteiger partial charge in [-0.2, -0.15) is 0 Å². The van der Waals surface area contributed by atoms with Crippen LogP contribution in [0.25, 0.3) is 0 Å². The first-order valence-corrected chi connectivity index (χ1v) is 6.87. The van der Waals surface area contributed by atoms with Crippen molar-refractivity contribution in [3.8, 4) is 5.75 Å². The molecule has 0 saturated heterocycles. The van der Waals surface area contributed by atoms with Crippen molar-refractivity contribution in [3.63, 3.8) is 0 Å². The minimum atomic E-state index is -0.223. The Balaban J connectivity index is 1.83. The molecular weight excluding hydrogens is 253 g/mol. The summed E-state index contributed by atoms with van der Waals surface area (Å²) in [7, 11) is 1.93. The lowest BCUT2D eigenvalue weighted by atomic mass is 10.1. The number of likely N-dealkylation sites (N-methyl/N-ethyl adjacent to an activating group) is 1. The molecule has 20 heavy (non-hydrogen) atoms. The SMILES string of the molecule is CNC1c2ccccc2CC1Oc1ccc(C)c(F)c1. The van der Waals surface area contributed by atoms with Crippen LogP contribution >= 0.6 is 0 Å². The number of nitrogens with one attached hydrogen (secondary N) is 1. The Kier molecular flexibility index (Phi) is 3.45. The van der Waals surface area contributed by atoms with E-state index in [4.69, 9.17) is 4.74 Å². The third-order valence-corrected chi connectivity index (χ3v) is 3.92. The summed E-state index contributed by atoms with van der Waals surface area (Å²) in [4.78, 5) is 0. The van der Waals surface area contributed by atoms with Gasteiger partial charge >= 0.3 is 0 Å². The lowest BCUT2D eigenvalue weighted by molar-refractivity contribution is 0.170. The Morgan fingerprint density at radius 1 is 1.20 bits per heavy atom. The van der Waals surface area contributed by atoms with E-state index in [-0.39, 0.29) is 18.0 Å². The van der Waals surface area contributed by atoms with Crippen molar-refractivity contribution in [2.24, 2.45) is 0 Å². The van der Waals surface area contributed by atoms with Gasteiger partial charge in [0, 0.05) is 12.5 Å². The zero-order valence-electron chi connectivity index (χ0n) is 11.7. The summed E-state index contributed by atoms with van der Waals surface area (Å²) in [6.45, 7) is 1.75. The Morgan fingerprint density at radius 2 is 2.00 bits per heavy atom. The monoisotopic (exact) mass is 271 g/mol. The van der Waals surface area contributed by atoms with E-state index in [1.165, 1.54) is 17.2 Å². The third kappa shape index (κ3) is 2.29. The van der Waals surface area contributed by atoms with E-state index in [0.29, 0.717) is 11.3 Å². The lowest BCUT2D eigenvalue weighted by Crippen LogP contribution is -2.30. The van der Waals surface area contributed by atoms with Crippen LogP contribution in [-0.4, -0.2) is 13.2 Å². The summed E-state index contributed by atoms with van der Waals surface area (Å²) in [6, 6.07) is 13.5. The van der Waals surface area contributed by atoms with Crippen LogP contribution in [0, 0.1) is 12.7 Å². The second-order valence-corrected chi connectivity index (χ2v) is 5.24. The van der Waals surface area contributed by atoms with Crippen molar-refractivity contribution < 1.29 is 9.13 Å². The molecule has 0 aromatic heterocycles. The normalized spacial score (nSPS) is 20.8. The number of rotatable bonds is 3. The Hall–Kier alpha value is -1.87. The number of ether oxygens (including phenoxy) is 1.